The summed E-state index contributed by atoms with van der Waals surface area (Å²) in [6.45, 7) is 3.75. The van der Waals surface area contributed by atoms with E-state index in [0.29, 0.717) is 12.8 Å². The smallest absolute Gasteiger partial charge is 0.396 e. The van der Waals surface area contributed by atoms with Gasteiger partial charge in [-0.05, 0) is 18.9 Å². The first-order valence-electron chi connectivity index (χ1n) is 6.01. The van der Waals surface area contributed by atoms with Gasteiger partial charge in [0.2, 0.25) is 0 Å². The van der Waals surface area contributed by atoms with Crippen LogP contribution in [0.5, 0.6) is 0 Å². The lowest BCUT2D eigenvalue weighted by Crippen LogP contribution is -2.35. The number of halogens is 3. The molecule has 1 aromatic rings. The van der Waals surface area contributed by atoms with Crippen LogP contribution in [0.4, 0.5) is 24.5 Å². The van der Waals surface area contributed by atoms with Crippen LogP contribution in [0.1, 0.15) is 32.4 Å². The van der Waals surface area contributed by atoms with E-state index in [0.717, 1.165) is 12.3 Å². The quantitative estimate of drug-likeness (QED) is 0.773. The first kappa shape index (κ1) is 15.6. The molecule has 0 bridgehead atoms. The Hall–Kier alpha value is -1.50. The zero-order valence-corrected chi connectivity index (χ0v) is 10.9. The average molecular weight is 277 g/mol. The zero-order valence-electron chi connectivity index (χ0n) is 10.9. The minimum absolute atomic E-state index is 0.113. The molecule has 108 valence electrons. The van der Waals surface area contributed by atoms with Crippen LogP contribution in [0.25, 0.3) is 0 Å². The summed E-state index contributed by atoms with van der Waals surface area (Å²) in [5.74, 6) is 0. The van der Waals surface area contributed by atoms with Crippen molar-refractivity contribution in [3.63, 3.8) is 0 Å². The van der Waals surface area contributed by atoms with Crippen LogP contribution in [0.15, 0.2) is 12.3 Å². The fraction of sp³-hybridized carbons (Fsp3) is 0.583. The van der Waals surface area contributed by atoms with E-state index in [1.807, 2.05) is 13.8 Å². The number of nitrogens with zero attached hydrogens (tertiary/aromatic N) is 1. The van der Waals surface area contributed by atoms with E-state index in [1.54, 1.807) is 0 Å². The maximum Gasteiger partial charge on any atom is 0.433 e. The summed E-state index contributed by atoms with van der Waals surface area (Å²) in [5.41, 5.74) is 3.83. The number of aliphatic hydroxyl groups is 1. The third kappa shape index (κ3) is 3.99. The number of nitrogens with two attached hydrogens (primary N) is 1. The minimum Gasteiger partial charge on any atom is -0.396 e. The Balaban J connectivity index is 2.89. The highest BCUT2D eigenvalue weighted by Gasteiger charge is 2.33. The number of rotatable bonds is 5. The van der Waals surface area contributed by atoms with Crippen LogP contribution >= 0.6 is 0 Å². The number of alkyl halides is 3. The van der Waals surface area contributed by atoms with Crippen LogP contribution in [-0.2, 0) is 6.18 Å². The molecule has 7 heteroatoms. The van der Waals surface area contributed by atoms with Gasteiger partial charge in [-0.25, -0.2) is 4.98 Å². The number of hydrogen-bond acceptors (Lipinski definition) is 4. The monoisotopic (exact) mass is 277 g/mol. The van der Waals surface area contributed by atoms with Crippen molar-refractivity contribution < 1.29 is 18.3 Å². The Bertz CT molecular complexity index is 431. The summed E-state index contributed by atoms with van der Waals surface area (Å²) in [6, 6.07) is 0.848. The first-order valence-corrected chi connectivity index (χ1v) is 6.01. The standard InChI is InChI=1S/C12H18F3N3O/c1-3-11(19,4-2)7-18-9-5-10(12(13,14)15)17-6-8(9)16/h5-6,19H,3-4,7,16H2,1-2H3,(H,17,18). The predicted molar refractivity (Wildman–Crippen MR) is 67.7 cm³/mol. The second-order valence-electron chi connectivity index (χ2n) is 4.44. The van der Waals surface area contributed by atoms with Gasteiger partial charge < -0.3 is 16.2 Å². The lowest BCUT2D eigenvalue weighted by molar-refractivity contribution is -0.141. The van der Waals surface area contributed by atoms with Crippen molar-refractivity contribution in [2.75, 3.05) is 17.6 Å². The summed E-state index contributed by atoms with van der Waals surface area (Å²) >= 11 is 0. The molecule has 0 amide bonds. The molecule has 1 aromatic heterocycles. The van der Waals surface area contributed by atoms with Crippen LogP contribution in [-0.4, -0.2) is 22.2 Å². The third-order valence-corrected chi connectivity index (χ3v) is 3.15. The fourth-order valence-electron chi connectivity index (χ4n) is 1.53. The highest BCUT2D eigenvalue weighted by atomic mass is 19.4. The molecular weight excluding hydrogens is 259 g/mol. The Kier molecular flexibility index (Phi) is 4.62. The van der Waals surface area contributed by atoms with Gasteiger partial charge in [0.25, 0.3) is 0 Å². The van der Waals surface area contributed by atoms with Crippen molar-refractivity contribution in [3.05, 3.63) is 18.0 Å². The fourth-order valence-corrected chi connectivity index (χ4v) is 1.53. The number of aromatic nitrogens is 1. The van der Waals surface area contributed by atoms with Crippen molar-refractivity contribution in [2.24, 2.45) is 0 Å². The molecule has 0 aliphatic rings. The molecule has 19 heavy (non-hydrogen) atoms. The molecule has 4 nitrogen and oxygen atoms in total. The van der Waals surface area contributed by atoms with Crippen LogP contribution in [0, 0.1) is 0 Å². The normalized spacial score (nSPS) is 12.5. The van der Waals surface area contributed by atoms with E-state index in [1.165, 1.54) is 0 Å². The van der Waals surface area contributed by atoms with Crippen LogP contribution < -0.4 is 11.1 Å². The largest absolute Gasteiger partial charge is 0.433 e. The molecule has 0 aliphatic carbocycles. The zero-order chi connectivity index (χ0) is 14.7. The Morgan fingerprint density at radius 3 is 2.37 bits per heavy atom. The van der Waals surface area contributed by atoms with E-state index >= 15 is 0 Å². The molecule has 0 aliphatic heterocycles. The van der Waals surface area contributed by atoms with E-state index in [-0.39, 0.29) is 17.9 Å². The summed E-state index contributed by atoms with van der Waals surface area (Å²) in [7, 11) is 0. The molecule has 0 radical (unpaired) electrons. The molecule has 1 rings (SSSR count). The second kappa shape index (κ2) is 5.64. The van der Waals surface area contributed by atoms with Gasteiger partial charge in [-0.1, -0.05) is 13.8 Å². The summed E-state index contributed by atoms with van der Waals surface area (Å²) in [4.78, 5) is 3.24. The SMILES string of the molecule is CCC(O)(CC)CNc1cc(C(F)(F)F)ncc1N. The second-order valence-corrected chi connectivity index (χ2v) is 4.44. The van der Waals surface area contributed by atoms with Crippen molar-refractivity contribution in [1.29, 1.82) is 0 Å². The molecule has 0 fully saturated rings. The van der Waals surface area contributed by atoms with Crippen LogP contribution in [0.3, 0.4) is 0 Å². The number of nitrogen functional groups attached to an aromatic ring is 1. The Morgan fingerprint density at radius 1 is 1.32 bits per heavy atom. The topological polar surface area (TPSA) is 71.2 Å². The van der Waals surface area contributed by atoms with Gasteiger partial charge in [0.1, 0.15) is 5.69 Å². The van der Waals surface area contributed by atoms with Gasteiger partial charge in [0, 0.05) is 6.54 Å². The number of nitrogens with one attached hydrogen (secondary N) is 1. The van der Waals surface area contributed by atoms with E-state index in [2.05, 4.69) is 10.3 Å². The first-order chi connectivity index (χ1) is 8.72. The summed E-state index contributed by atoms with van der Waals surface area (Å²) in [6.07, 6.45) is -2.57. The van der Waals surface area contributed by atoms with Gasteiger partial charge in [0.15, 0.2) is 0 Å². The number of pyridine rings is 1. The summed E-state index contributed by atoms with van der Waals surface area (Å²) in [5, 5.41) is 12.8. The molecule has 1 heterocycles. The maximum atomic E-state index is 12.5. The molecule has 0 spiro atoms. The van der Waals surface area contributed by atoms with E-state index in [4.69, 9.17) is 5.73 Å². The van der Waals surface area contributed by atoms with E-state index < -0.39 is 17.5 Å². The van der Waals surface area contributed by atoms with Gasteiger partial charge >= 0.3 is 6.18 Å². The third-order valence-electron chi connectivity index (χ3n) is 3.15. The molecule has 0 saturated heterocycles. The Labute approximate surface area is 109 Å². The number of hydrogen-bond donors (Lipinski definition) is 3. The molecular formula is C12H18F3N3O. The molecule has 0 aromatic carbocycles. The number of anilines is 2. The van der Waals surface area contributed by atoms with Crippen molar-refractivity contribution in [2.45, 2.75) is 38.5 Å². The van der Waals surface area contributed by atoms with Crippen molar-refractivity contribution in [3.8, 4) is 0 Å². The van der Waals surface area contributed by atoms with Gasteiger partial charge in [-0.15, -0.1) is 0 Å². The predicted octanol–water partition coefficient (Wildman–Crippen LogP) is 2.65. The molecule has 0 atom stereocenters. The van der Waals surface area contributed by atoms with Gasteiger partial charge in [-0.3, -0.25) is 0 Å². The Morgan fingerprint density at radius 2 is 1.89 bits per heavy atom. The van der Waals surface area contributed by atoms with Gasteiger partial charge in [0.05, 0.1) is 23.2 Å². The minimum atomic E-state index is -4.52. The van der Waals surface area contributed by atoms with Crippen molar-refractivity contribution >= 4 is 11.4 Å². The molecule has 0 saturated carbocycles. The molecule has 0 unspecified atom stereocenters. The highest BCUT2D eigenvalue weighted by Crippen LogP contribution is 2.31. The highest BCUT2D eigenvalue weighted by molar-refractivity contribution is 5.65. The lowest BCUT2D eigenvalue weighted by Gasteiger charge is -2.26. The molecule has 4 N–H and O–H groups in total. The maximum absolute atomic E-state index is 12.5. The summed E-state index contributed by atoms with van der Waals surface area (Å²) < 4.78 is 37.6. The lowest BCUT2D eigenvalue weighted by atomic mass is 9.97. The van der Waals surface area contributed by atoms with Crippen molar-refractivity contribution in [1.82, 2.24) is 4.98 Å². The van der Waals surface area contributed by atoms with E-state index in [9.17, 15) is 18.3 Å². The van der Waals surface area contributed by atoms with Crippen LogP contribution in [0.2, 0.25) is 0 Å². The average Bonchev–Trinajstić information content (AvgIpc) is 2.36. The van der Waals surface area contributed by atoms with Gasteiger partial charge in [-0.2, -0.15) is 13.2 Å².